The number of pyridine rings is 3. The zero-order valence-electron chi connectivity index (χ0n) is 22.4. The van der Waals surface area contributed by atoms with Crippen LogP contribution in [0.25, 0.3) is 11.3 Å². The molecule has 1 aliphatic carbocycles. The van der Waals surface area contributed by atoms with E-state index in [2.05, 4.69) is 22.2 Å². The number of halogens is 2. The normalized spacial score (nSPS) is 18.9. The smallest absolute Gasteiger partial charge is 0.308 e. The minimum Gasteiger partial charge on any atom is -0.464 e. The molecule has 208 valence electrons. The number of nitrogens with one attached hydrogen (secondary N) is 1. The number of aromatic nitrogens is 3. The molecular formula is C29H34F2N4O3S. The summed E-state index contributed by atoms with van der Waals surface area (Å²) in [6.45, 7) is 4.33. The molecule has 2 atom stereocenters. The molecule has 4 rings (SSSR count). The molecule has 1 N–H and O–H groups in total. The molecule has 0 saturated heterocycles. The van der Waals surface area contributed by atoms with Gasteiger partial charge in [0.25, 0.3) is 6.43 Å². The minimum atomic E-state index is -2.57. The van der Waals surface area contributed by atoms with Gasteiger partial charge in [0.15, 0.2) is 0 Å². The molecule has 1 fully saturated rings. The van der Waals surface area contributed by atoms with Gasteiger partial charge in [-0.25, -0.2) is 18.7 Å². The number of hydrogen-bond donors (Lipinski definition) is 1. The number of esters is 1. The zero-order chi connectivity index (χ0) is 27.9. The number of carbonyl (C=O) groups excluding carboxylic acids is 1. The highest BCUT2D eigenvalue weighted by atomic mass is 32.2. The van der Waals surface area contributed by atoms with E-state index in [1.54, 1.807) is 6.26 Å². The van der Waals surface area contributed by atoms with Crippen LogP contribution < -0.4 is 5.32 Å². The first kappa shape index (κ1) is 28.7. The lowest BCUT2D eigenvalue weighted by Crippen LogP contribution is -2.26. The Morgan fingerprint density at radius 1 is 1.10 bits per heavy atom. The van der Waals surface area contributed by atoms with Crippen LogP contribution in [-0.4, -0.2) is 43.7 Å². The van der Waals surface area contributed by atoms with Crippen molar-refractivity contribution in [1.29, 1.82) is 0 Å². The maximum atomic E-state index is 13.1. The highest BCUT2D eigenvalue weighted by Crippen LogP contribution is 2.38. The van der Waals surface area contributed by atoms with Crippen LogP contribution in [0.4, 0.5) is 20.4 Å². The van der Waals surface area contributed by atoms with Gasteiger partial charge in [-0.3, -0.25) is 14.0 Å². The van der Waals surface area contributed by atoms with Gasteiger partial charge in [0.2, 0.25) is 0 Å². The molecule has 3 aromatic rings. The Morgan fingerprint density at radius 3 is 2.54 bits per heavy atom. The van der Waals surface area contributed by atoms with Crippen LogP contribution in [0.15, 0.2) is 48.8 Å². The van der Waals surface area contributed by atoms with Crippen molar-refractivity contribution >= 4 is 28.4 Å². The summed E-state index contributed by atoms with van der Waals surface area (Å²) in [4.78, 5) is 25.8. The van der Waals surface area contributed by atoms with Crippen LogP contribution in [0.2, 0.25) is 0 Å². The highest BCUT2D eigenvalue weighted by molar-refractivity contribution is 7.84. The van der Waals surface area contributed by atoms with Crippen LogP contribution in [0.3, 0.4) is 0 Å². The SMILES string of the molecule is Cc1cc(Nc2cc(C(F)F)ccn2)nc(-c2ccc(C(C)C3CCC(C(=O)OCCS(C)=O)CC3)nc2)c1. The van der Waals surface area contributed by atoms with Crippen molar-refractivity contribution in [2.24, 2.45) is 11.8 Å². The monoisotopic (exact) mass is 556 g/mol. The van der Waals surface area contributed by atoms with Gasteiger partial charge < -0.3 is 10.1 Å². The summed E-state index contributed by atoms with van der Waals surface area (Å²) in [5, 5.41) is 3.03. The summed E-state index contributed by atoms with van der Waals surface area (Å²) in [5.74, 6) is 1.61. The van der Waals surface area contributed by atoms with E-state index in [1.807, 2.05) is 37.4 Å². The molecular weight excluding hydrogens is 522 g/mol. The zero-order valence-corrected chi connectivity index (χ0v) is 23.2. The van der Waals surface area contributed by atoms with Crippen LogP contribution in [-0.2, 0) is 20.3 Å². The van der Waals surface area contributed by atoms with Gasteiger partial charge in [0, 0.05) is 52.2 Å². The number of carbonyl (C=O) groups is 1. The number of hydrogen-bond acceptors (Lipinski definition) is 7. The molecule has 7 nitrogen and oxygen atoms in total. The van der Waals surface area contributed by atoms with Gasteiger partial charge in [-0.2, -0.15) is 0 Å². The number of aryl methyl sites for hydroxylation is 1. The van der Waals surface area contributed by atoms with Crippen molar-refractivity contribution in [1.82, 2.24) is 15.0 Å². The molecule has 2 unspecified atom stereocenters. The summed E-state index contributed by atoms with van der Waals surface area (Å²) >= 11 is 0. The van der Waals surface area contributed by atoms with Crippen LogP contribution in [0.5, 0.6) is 0 Å². The Balaban J connectivity index is 1.37. The number of nitrogens with zero attached hydrogens (tertiary/aromatic N) is 3. The number of rotatable bonds is 10. The van der Waals surface area contributed by atoms with Crippen LogP contribution in [0.1, 0.15) is 61.8 Å². The number of alkyl halides is 2. The first-order valence-corrected chi connectivity index (χ1v) is 14.8. The molecule has 0 spiro atoms. The molecule has 0 bridgehead atoms. The second-order valence-electron chi connectivity index (χ2n) is 10.1. The van der Waals surface area contributed by atoms with Gasteiger partial charge >= 0.3 is 5.97 Å². The molecule has 39 heavy (non-hydrogen) atoms. The lowest BCUT2D eigenvalue weighted by Gasteiger charge is -2.31. The standard InChI is InChI=1S/C29H34F2N4O3S/c1-18-14-25(34-27(15-18)35-26-16-22(28(30)31)10-11-32-26)23-8-9-24(33-17-23)19(2)20-4-6-21(7-5-20)29(36)38-12-13-39(3)37/h8-11,14-17,19-21,28H,4-7,12-13H2,1-3H3,(H,32,34,35). The van der Waals surface area contributed by atoms with Gasteiger partial charge in [-0.1, -0.05) is 6.92 Å². The van der Waals surface area contributed by atoms with E-state index in [0.29, 0.717) is 23.3 Å². The molecule has 0 radical (unpaired) electrons. The maximum Gasteiger partial charge on any atom is 0.308 e. The molecule has 0 aliphatic heterocycles. The summed E-state index contributed by atoms with van der Waals surface area (Å²) in [6.07, 6.45) is 5.63. The van der Waals surface area contributed by atoms with Gasteiger partial charge in [0.1, 0.15) is 18.2 Å². The van der Waals surface area contributed by atoms with Gasteiger partial charge in [-0.05, 0) is 80.5 Å². The summed E-state index contributed by atoms with van der Waals surface area (Å²) < 4.78 is 42.6. The third kappa shape index (κ3) is 7.88. The first-order valence-electron chi connectivity index (χ1n) is 13.1. The quantitative estimate of drug-likeness (QED) is 0.290. The van der Waals surface area contributed by atoms with Crippen LogP contribution >= 0.6 is 0 Å². The predicted molar refractivity (Wildman–Crippen MR) is 148 cm³/mol. The number of ether oxygens (including phenoxy) is 1. The Bertz CT molecular complexity index is 1300. The molecule has 3 aromatic heterocycles. The average Bonchev–Trinajstić information content (AvgIpc) is 2.92. The first-order chi connectivity index (χ1) is 18.7. The third-order valence-corrected chi connectivity index (χ3v) is 7.98. The topological polar surface area (TPSA) is 94.1 Å². The van der Waals surface area contributed by atoms with E-state index in [9.17, 15) is 17.8 Å². The lowest BCUT2D eigenvalue weighted by molar-refractivity contribution is -0.149. The van der Waals surface area contributed by atoms with E-state index in [4.69, 9.17) is 9.72 Å². The van der Waals surface area contributed by atoms with Crippen molar-refractivity contribution < 1.29 is 22.5 Å². The molecule has 3 heterocycles. The fourth-order valence-corrected chi connectivity index (χ4v) is 5.28. The third-order valence-electron chi connectivity index (χ3n) is 7.24. The van der Waals surface area contributed by atoms with Crippen molar-refractivity contribution in [2.45, 2.75) is 51.9 Å². The Morgan fingerprint density at radius 2 is 1.87 bits per heavy atom. The lowest BCUT2D eigenvalue weighted by atomic mass is 9.75. The molecule has 1 saturated carbocycles. The summed E-state index contributed by atoms with van der Waals surface area (Å²) in [5.41, 5.74) is 3.43. The maximum absolute atomic E-state index is 13.1. The fraction of sp³-hybridized carbons (Fsp3) is 0.448. The fourth-order valence-electron chi connectivity index (χ4n) is 4.96. The van der Waals surface area contributed by atoms with E-state index in [0.717, 1.165) is 48.2 Å². The van der Waals surface area contributed by atoms with E-state index in [-0.39, 0.29) is 30.0 Å². The second-order valence-corrected chi connectivity index (χ2v) is 11.7. The molecule has 0 aromatic carbocycles. The summed E-state index contributed by atoms with van der Waals surface area (Å²) in [7, 11) is -0.964. The van der Waals surface area contributed by atoms with E-state index in [1.165, 1.54) is 18.3 Å². The second kappa shape index (κ2) is 13.2. The van der Waals surface area contributed by atoms with E-state index < -0.39 is 17.2 Å². The van der Waals surface area contributed by atoms with Gasteiger partial charge in [-0.15, -0.1) is 0 Å². The summed E-state index contributed by atoms with van der Waals surface area (Å²) in [6, 6.07) is 10.4. The largest absolute Gasteiger partial charge is 0.464 e. The Hall–Kier alpha value is -3.27. The Kier molecular flexibility index (Phi) is 9.72. The molecule has 0 amide bonds. The van der Waals surface area contributed by atoms with Crippen molar-refractivity contribution in [3.05, 3.63) is 65.6 Å². The number of anilines is 2. The van der Waals surface area contributed by atoms with Crippen molar-refractivity contribution in [3.8, 4) is 11.3 Å². The van der Waals surface area contributed by atoms with Crippen LogP contribution in [0, 0.1) is 18.8 Å². The van der Waals surface area contributed by atoms with Crippen molar-refractivity contribution in [2.75, 3.05) is 23.9 Å². The Labute approximate surface area is 230 Å². The van der Waals surface area contributed by atoms with E-state index >= 15 is 0 Å². The predicted octanol–water partition coefficient (Wildman–Crippen LogP) is 6.36. The molecule has 1 aliphatic rings. The van der Waals surface area contributed by atoms with Gasteiger partial charge in [0.05, 0.1) is 17.4 Å². The van der Waals surface area contributed by atoms with Crippen molar-refractivity contribution in [3.63, 3.8) is 0 Å². The molecule has 10 heteroatoms. The minimum absolute atomic E-state index is 0.0858. The average molecular weight is 557 g/mol. The highest BCUT2D eigenvalue weighted by Gasteiger charge is 2.31.